The minimum atomic E-state index is -0.935. The number of H-pyrrole nitrogens is 1. The van der Waals surface area contributed by atoms with Crippen molar-refractivity contribution in [2.24, 2.45) is 0 Å². The van der Waals surface area contributed by atoms with Gasteiger partial charge in [0.2, 0.25) is 0 Å². The number of aryl methyl sites for hydroxylation is 1. The van der Waals surface area contributed by atoms with Gasteiger partial charge in [0.05, 0.1) is 16.7 Å². The van der Waals surface area contributed by atoms with Gasteiger partial charge in [-0.05, 0) is 19.1 Å². The molecule has 2 aromatic heterocycles. The number of rotatable bonds is 5. The first-order chi connectivity index (χ1) is 10.1. The van der Waals surface area contributed by atoms with Gasteiger partial charge in [-0.3, -0.25) is 0 Å². The van der Waals surface area contributed by atoms with E-state index in [4.69, 9.17) is 5.11 Å². The smallest absolute Gasteiger partial charge is 0.347 e. The number of aromatic carboxylic acids is 1. The van der Waals surface area contributed by atoms with Gasteiger partial charge in [0, 0.05) is 13.0 Å². The predicted octanol–water partition coefficient (Wildman–Crippen LogP) is 2.68. The molecule has 0 atom stereocenters. The fourth-order valence-electron chi connectivity index (χ4n) is 2.08. The lowest BCUT2D eigenvalue weighted by Gasteiger charge is -1.99. The number of thiazole rings is 1. The molecule has 0 fully saturated rings. The van der Waals surface area contributed by atoms with Crippen LogP contribution in [0.2, 0.25) is 0 Å². The van der Waals surface area contributed by atoms with E-state index in [0.29, 0.717) is 17.4 Å². The number of aromatic amines is 1. The van der Waals surface area contributed by atoms with Crippen LogP contribution in [0, 0.1) is 6.92 Å². The van der Waals surface area contributed by atoms with Crippen LogP contribution in [0.1, 0.15) is 21.2 Å². The van der Waals surface area contributed by atoms with Crippen LogP contribution in [0.5, 0.6) is 0 Å². The summed E-state index contributed by atoms with van der Waals surface area (Å²) in [4.78, 5) is 23.2. The number of hydrogen-bond donors (Lipinski definition) is 3. The van der Waals surface area contributed by atoms with Crippen molar-refractivity contribution < 1.29 is 9.90 Å². The number of carboxylic acid groups (broad SMARTS) is 1. The Hall–Kier alpha value is -2.41. The third kappa shape index (κ3) is 2.87. The SMILES string of the molecule is Cc1nc(NCCc2nc3ccccc3[nH]2)sc1C(=O)O. The zero-order chi connectivity index (χ0) is 14.8. The maximum atomic E-state index is 11.0. The zero-order valence-corrected chi connectivity index (χ0v) is 12.2. The summed E-state index contributed by atoms with van der Waals surface area (Å²) in [6.07, 6.45) is 0.718. The second-order valence-corrected chi connectivity index (χ2v) is 5.62. The first kappa shape index (κ1) is 13.6. The van der Waals surface area contributed by atoms with Crippen LogP contribution in [-0.4, -0.2) is 32.6 Å². The molecule has 1 aromatic carbocycles. The molecule has 0 aliphatic rings. The number of benzene rings is 1. The van der Waals surface area contributed by atoms with E-state index in [2.05, 4.69) is 20.3 Å². The van der Waals surface area contributed by atoms with Gasteiger partial charge < -0.3 is 15.4 Å². The van der Waals surface area contributed by atoms with E-state index in [1.807, 2.05) is 24.3 Å². The Bertz CT molecular complexity index is 760. The molecule has 0 amide bonds. The molecule has 21 heavy (non-hydrogen) atoms. The Morgan fingerprint density at radius 1 is 1.38 bits per heavy atom. The van der Waals surface area contributed by atoms with Gasteiger partial charge in [0.25, 0.3) is 0 Å². The summed E-state index contributed by atoms with van der Waals surface area (Å²) >= 11 is 1.16. The molecule has 0 aliphatic carbocycles. The highest BCUT2D eigenvalue weighted by molar-refractivity contribution is 7.17. The molecule has 0 radical (unpaired) electrons. The van der Waals surface area contributed by atoms with Crippen molar-refractivity contribution in [2.75, 3.05) is 11.9 Å². The molecule has 0 unspecified atom stereocenters. The van der Waals surface area contributed by atoms with E-state index in [1.54, 1.807) is 6.92 Å². The number of nitrogens with one attached hydrogen (secondary N) is 2. The largest absolute Gasteiger partial charge is 0.477 e. The third-order valence-electron chi connectivity index (χ3n) is 3.07. The van der Waals surface area contributed by atoms with Crippen LogP contribution < -0.4 is 5.32 Å². The average molecular weight is 302 g/mol. The Balaban J connectivity index is 1.63. The first-order valence-corrected chi connectivity index (χ1v) is 7.33. The van der Waals surface area contributed by atoms with Crippen molar-refractivity contribution in [1.29, 1.82) is 0 Å². The van der Waals surface area contributed by atoms with Gasteiger partial charge in [-0.25, -0.2) is 14.8 Å². The maximum absolute atomic E-state index is 11.0. The fourth-order valence-corrected chi connectivity index (χ4v) is 2.91. The highest BCUT2D eigenvalue weighted by Crippen LogP contribution is 2.22. The van der Waals surface area contributed by atoms with Crippen LogP contribution in [0.4, 0.5) is 5.13 Å². The van der Waals surface area contributed by atoms with Gasteiger partial charge in [-0.2, -0.15) is 0 Å². The van der Waals surface area contributed by atoms with E-state index < -0.39 is 5.97 Å². The molecule has 0 aliphatic heterocycles. The van der Waals surface area contributed by atoms with Gasteiger partial charge in [0.1, 0.15) is 10.7 Å². The first-order valence-electron chi connectivity index (χ1n) is 6.51. The van der Waals surface area contributed by atoms with Gasteiger partial charge in [-0.15, -0.1) is 0 Å². The Morgan fingerprint density at radius 3 is 2.90 bits per heavy atom. The number of aromatic nitrogens is 3. The standard InChI is InChI=1S/C14H14N4O2S/c1-8-12(13(19)20)21-14(16-8)15-7-6-11-17-9-4-2-3-5-10(9)18-11/h2-5H,6-7H2,1H3,(H,15,16)(H,17,18)(H,19,20). The summed E-state index contributed by atoms with van der Waals surface area (Å²) < 4.78 is 0. The monoisotopic (exact) mass is 302 g/mol. The van der Waals surface area contributed by atoms with Crippen LogP contribution >= 0.6 is 11.3 Å². The molecule has 3 aromatic rings. The molecule has 6 nitrogen and oxygen atoms in total. The zero-order valence-electron chi connectivity index (χ0n) is 11.4. The summed E-state index contributed by atoms with van der Waals surface area (Å²) in [5.74, 6) is -0.0363. The van der Waals surface area contributed by atoms with E-state index in [1.165, 1.54) is 0 Å². The van der Waals surface area contributed by atoms with E-state index in [9.17, 15) is 4.79 Å². The minimum absolute atomic E-state index is 0.279. The number of nitrogens with zero attached hydrogens (tertiary/aromatic N) is 2. The number of carboxylic acids is 1. The molecule has 0 saturated heterocycles. The number of imidazole rings is 1. The molecule has 0 spiro atoms. The number of anilines is 1. The second kappa shape index (κ2) is 5.53. The van der Waals surface area contributed by atoms with Gasteiger partial charge in [-0.1, -0.05) is 23.5 Å². The van der Waals surface area contributed by atoms with Crippen molar-refractivity contribution in [3.05, 3.63) is 40.7 Å². The van der Waals surface area contributed by atoms with Crippen molar-refractivity contribution in [1.82, 2.24) is 15.0 Å². The van der Waals surface area contributed by atoms with Crippen LogP contribution in [0.15, 0.2) is 24.3 Å². The van der Waals surface area contributed by atoms with Crippen molar-refractivity contribution in [3.63, 3.8) is 0 Å². The summed E-state index contributed by atoms with van der Waals surface area (Å²) in [6.45, 7) is 2.34. The van der Waals surface area contributed by atoms with Gasteiger partial charge >= 0.3 is 5.97 Å². The van der Waals surface area contributed by atoms with Crippen LogP contribution in [0.25, 0.3) is 11.0 Å². The number of fused-ring (bicyclic) bond motifs is 1. The Kier molecular flexibility index (Phi) is 3.57. The van der Waals surface area contributed by atoms with Crippen molar-refractivity contribution >= 4 is 33.5 Å². The maximum Gasteiger partial charge on any atom is 0.347 e. The molecule has 108 valence electrons. The molecule has 3 rings (SSSR count). The van der Waals surface area contributed by atoms with Crippen molar-refractivity contribution in [3.8, 4) is 0 Å². The third-order valence-corrected chi connectivity index (χ3v) is 4.17. The summed E-state index contributed by atoms with van der Waals surface area (Å²) in [5, 5.41) is 12.8. The summed E-state index contributed by atoms with van der Waals surface area (Å²) in [6, 6.07) is 7.87. The normalized spacial score (nSPS) is 10.9. The predicted molar refractivity (Wildman–Crippen MR) is 82.1 cm³/mol. The lowest BCUT2D eigenvalue weighted by molar-refractivity contribution is 0.0701. The highest BCUT2D eigenvalue weighted by Gasteiger charge is 2.13. The fraction of sp³-hybridized carbons (Fsp3) is 0.214. The number of para-hydroxylation sites is 2. The number of carbonyl (C=O) groups is 1. The van der Waals surface area contributed by atoms with Gasteiger partial charge in [0.15, 0.2) is 5.13 Å². The Morgan fingerprint density at radius 2 is 2.19 bits per heavy atom. The lowest BCUT2D eigenvalue weighted by Crippen LogP contribution is -2.05. The molecular formula is C14H14N4O2S. The van der Waals surface area contributed by atoms with Crippen molar-refractivity contribution in [2.45, 2.75) is 13.3 Å². The molecule has 2 heterocycles. The quantitative estimate of drug-likeness (QED) is 0.674. The highest BCUT2D eigenvalue weighted by atomic mass is 32.1. The molecular weight excluding hydrogens is 288 g/mol. The lowest BCUT2D eigenvalue weighted by atomic mass is 10.3. The molecule has 0 bridgehead atoms. The van der Waals surface area contributed by atoms with E-state index in [0.717, 1.165) is 34.6 Å². The topological polar surface area (TPSA) is 90.9 Å². The van der Waals surface area contributed by atoms with Crippen LogP contribution in [-0.2, 0) is 6.42 Å². The second-order valence-electron chi connectivity index (χ2n) is 4.62. The molecule has 7 heteroatoms. The van der Waals surface area contributed by atoms with E-state index >= 15 is 0 Å². The number of hydrogen-bond acceptors (Lipinski definition) is 5. The molecule has 3 N–H and O–H groups in total. The minimum Gasteiger partial charge on any atom is -0.477 e. The Labute approximate surface area is 124 Å². The summed E-state index contributed by atoms with van der Waals surface area (Å²) in [5.41, 5.74) is 2.51. The average Bonchev–Trinajstić information content (AvgIpc) is 3.01. The van der Waals surface area contributed by atoms with Crippen LogP contribution in [0.3, 0.4) is 0 Å². The summed E-state index contributed by atoms with van der Waals surface area (Å²) in [7, 11) is 0. The molecule has 0 saturated carbocycles. The van der Waals surface area contributed by atoms with E-state index in [-0.39, 0.29) is 4.88 Å².